The van der Waals surface area contributed by atoms with E-state index in [1.807, 2.05) is 36.4 Å². The number of hydrogen-bond acceptors (Lipinski definition) is 2. The zero-order valence-electron chi connectivity index (χ0n) is 11.7. The van der Waals surface area contributed by atoms with Gasteiger partial charge in [-0.05, 0) is 29.8 Å². The average Bonchev–Trinajstić information content (AvgIpc) is 2.43. The zero-order valence-corrected chi connectivity index (χ0v) is 13.2. The Morgan fingerprint density at radius 1 is 1.05 bits per heavy atom. The van der Waals surface area contributed by atoms with E-state index >= 15 is 0 Å². The molecular weight excluding hydrogens is 303 g/mol. The molecule has 3 rings (SSSR count). The topological polar surface area (TPSA) is 15.3 Å². The Hall–Kier alpha value is -1.22. The molecule has 0 saturated carbocycles. The van der Waals surface area contributed by atoms with Gasteiger partial charge in [-0.2, -0.15) is 0 Å². The van der Waals surface area contributed by atoms with Crippen molar-refractivity contribution in [2.45, 2.75) is 6.54 Å². The highest BCUT2D eigenvalue weighted by atomic mass is 35.5. The van der Waals surface area contributed by atoms with Gasteiger partial charge in [0.2, 0.25) is 0 Å². The lowest BCUT2D eigenvalue weighted by molar-refractivity contribution is 0.348. The molecular formula is C17H18Cl2N2. The highest BCUT2D eigenvalue weighted by Crippen LogP contribution is 2.25. The minimum Gasteiger partial charge on any atom is -0.367 e. The van der Waals surface area contributed by atoms with Gasteiger partial charge in [0.1, 0.15) is 0 Å². The second-order valence-electron chi connectivity index (χ2n) is 5.48. The van der Waals surface area contributed by atoms with Gasteiger partial charge in [-0.3, -0.25) is 0 Å². The first-order chi connectivity index (χ1) is 10.2. The Labute approximate surface area is 135 Å². The maximum atomic E-state index is 6.31. The quantitative estimate of drug-likeness (QED) is 0.887. The number of benzene rings is 2. The van der Waals surface area contributed by atoms with Gasteiger partial charge < -0.3 is 10.2 Å². The van der Waals surface area contributed by atoms with E-state index in [0.29, 0.717) is 5.92 Å². The van der Waals surface area contributed by atoms with E-state index in [1.54, 1.807) is 0 Å². The molecule has 1 saturated heterocycles. The number of rotatable bonds is 5. The zero-order chi connectivity index (χ0) is 14.7. The molecule has 1 heterocycles. The first-order valence-electron chi connectivity index (χ1n) is 7.17. The van der Waals surface area contributed by atoms with Crippen LogP contribution in [-0.2, 0) is 6.54 Å². The molecule has 4 heteroatoms. The van der Waals surface area contributed by atoms with Crippen molar-refractivity contribution < 1.29 is 0 Å². The summed E-state index contributed by atoms with van der Waals surface area (Å²) in [7, 11) is 0. The first kappa shape index (κ1) is 14.7. The molecule has 21 heavy (non-hydrogen) atoms. The molecule has 1 fully saturated rings. The van der Waals surface area contributed by atoms with Crippen molar-refractivity contribution in [3.8, 4) is 0 Å². The summed E-state index contributed by atoms with van der Waals surface area (Å²) in [6.07, 6.45) is 0. The number of nitrogens with zero attached hydrogens (tertiary/aromatic N) is 1. The van der Waals surface area contributed by atoms with Crippen molar-refractivity contribution in [3.05, 3.63) is 64.1 Å². The summed E-state index contributed by atoms with van der Waals surface area (Å²) in [6, 6.07) is 16.0. The van der Waals surface area contributed by atoms with E-state index in [1.165, 1.54) is 0 Å². The van der Waals surface area contributed by atoms with Gasteiger partial charge in [0.25, 0.3) is 0 Å². The molecule has 1 N–H and O–H groups in total. The van der Waals surface area contributed by atoms with E-state index in [4.69, 9.17) is 23.2 Å². The smallest absolute Gasteiger partial charge is 0.0455 e. The van der Waals surface area contributed by atoms with Crippen LogP contribution in [-0.4, -0.2) is 19.6 Å². The van der Waals surface area contributed by atoms with E-state index in [0.717, 1.165) is 47.5 Å². The molecule has 0 atom stereocenters. The molecule has 0 spiro atoms. The van der Waals surface area contributed by atoms with E-state index < -0.39 is 0 Å². The van der Waals surface area contributed by atoms with Crippen LogP contribution in [0.2, 0.25) is 10.0 Å². The fourth-order valence-electron chi connectivity index (χ4n) is 2.56. The Morgan fingerprint density at radius 2 is 1.86 bits per heavy atom. The summed E-state index contributed by atoms with van der Waals surface area (Å²) in [5.74, 6) is 0.687. The normalized spacial score (nSPS) is 14.8. The number of halogens is 2. The summed E-state index contributed by atoms with van der Waals surface area (Å²) in [5, 5.41) is 4.91. The number of hydrogen-bond donors (Lipinski definition) is 1. The molecule has 2 aromatic rings. The van der Waals surface area contributed by atoms with Crippen molar-refractivity contribution >= 4 is 28.9 Å². The first-order valence-corrected chi connectivity index (χ1v) is 7.92. The fourth-order valence-corrected chi connectivity index (χ4v) is 2.94. The summed E-state index contributed by atoms with van der Waals surface area (Å²) in [4.78, 5) is 2.36. The van der Waals surface area contributed by atoms with Gasteiger partial charge in [0, 0.05) is 47.8 Å². The molecule has 110 valence electrons. The molecule has 1 aliphatic rings. The number of nitrogens with one attached hydrogen (secondary N) is 1. The maximum absolute atomic E-state index is 6.31. The van der Waals surface area contributed by atoms with Crippen LogP contribution in [0.1, 0.15) is 5.56 Å². The predicted molar refractivity (Wildman–Crippen MR) is 90.3 cm³/mol. The van der Waals surface area contributed by atoms with Crippen LogP contribution < -0.4 is 10.2 Å². The summed E-state index contributed by atoms with van der Waals surface area (Å²) >= 11 is 12.4. The number of anilines is 1. The van der Waals surface area contributed by atoms with Crippen LogP contribution >= 0.6 is 23.2 Å². The largest absolute Gasteiger partial charge is 0.367 e. The molecule has 0 amide bonds. The van der Waals surface area contributed by atoms with Gasteiger partial charge in [-0.15, -0.1) is 0 Å². The second kappa shape index (κ2) is 6.69. The van der Waals surface area contributed by atoms with Crippen molar-refractivity contribution in [2.75, 3.05) is 24.5 Å². The van der Waals surface area contributed by atoms with Gasteiger partial charge in [-0.1, -0.05) is 47.5 Å². The van der Waals surface area contributed by atoms with Gasteiger partial charge in [0.15, 0.2) is 0 Å². The Bertz CT molecular complexity index is 611. The molecule has 2 aromatic carbocycles. The third-order valence-electron chi connectivity index (χ3n) is 3.84. The van der Waals surface area contributed by atoms with Crippen molar-refractivity contribution in [3.63, 3.8) is 0 Å². The van der Waals surface area contributed by atoms with Gasteiger partial charge in [-0.25, -0.2) is 0 Å². The molecule has 0 unspecified atom stereocenters. The average molecular weight is 321 g/mol. The predicted octanol–water partition coefficient (Wildman–Crippen LogP) is 4.22. The van der Waals surface area contributed by atoms with E-state index in [-0.39, 0.29) is 0 Å². The van der Waals surface area contributed by atoms with Crippen molar-refractivity contribution in [1.82, 2.24) is 5.32 Å². The molecule has 0 radical (unpaired) electrons. The highest BCUT2D eigenvalue weighted by molar-refractivity contribution is 6.31. The lowest BCUT2D eigenvalue weighted by Gasteiger charge is -2.35. The minimum absolute atomic E-state index is 0.687. The van der Waals surface area contributed by atoms with Crippen molar-refractivity contribution in [2.24, 2.45) is 5.92 Å². The van der Waals surface area contributed by atoms with Crippen LogP contribution in [0.25, 0.3) is 0 Å². The van der Waals surface area contributed by atoms with E-state index in [9.17, 15) is 0 Å². The standard InChI is InChI=1S/C17H18Cl2N2/c18-15-5-3-6-16(8-15)21(11-13-9-20-10-13)12-14-4-1-2-7-17(14)19/h1-8,13,20H,9-12H2. The fraction of sp³-hybridized carbons (Fsp3) is 0.294. The monoisotopic (exact) mass is 320 g/mol. The van der Waals surface area contributed by atoms with Gasteiger partial charge >= 0.3 is 0 Å². The van der Waals surface area contributed by atoms with Crippen LogP contribution in [0.4, 0.5) is 5.69 Å². The lowest BCUT2D eigenvalue weighted by Crippen LogP contribution is -2.48. The molecule has 0 aliphatic carbocycles. The Balaban J connectivity index is 1.83. The van der Waals surface area contributed by atoms with Gasteiger partial charge in [0.05, 0.1) is 0 Å². The summed E-state index contributed by atoms with van der Waals surface area (Å²) in [6.45, 7) is 3.98. The minimum atomic E-state index is 0.687. The Kier molecular flexibility index (Phi) is 4.69. The third-order valence-corrected chi connectivity index (χ3v) is 4.44. The molecule has 2 nitrogen and oxygen atoms in total. The SMILES string of the molecule is Clc1cccc(N(Cc2ccccc2Cl)CC2CNC2)c1. The van der Waals surface area contributed by atoms with Crippen LogP contribution in [0.3, 0.4) is 0 Å². The second-order valence-corrected chi connectivity index (χ2v) is 6.32. The van der Waals surface area contributed by atoms with E-state index in [2.05, 4.69) is 22.3 Å². The lowest BCUT2D eigenvalue weighted by atomic mass is 10.0. The maximum Gasteiger partial charge on any atom is 0.0455 e. The summed E-state index contributed by atoms with van der Waals surface area (Å²) < 4.78 is 0. The molecule has 0 bridgehead atoms. The van der Waals surface area contributed by atoms with Crippen LogP contribution in [0.5, 0.6) is 0 Å². The Morgan fingerprint density at radius 3 is 2.52 bits per heavy atom. The van der Waals surface area contributed by atoms with Crippen LogP contribution in [0, 0.1) is 5.92 Å². The summed E-state index contributed by atoms with van der Waals surface area (Å²) in [5.41, 5.74) is 2.29. The third kappa shape index (κ3) is 3.70. The van der Waals surface area contributed by atoms with Crippen LogP contribution in [0.15, 0.2) is 48.5 Å². The molecule has 0 aromatic heterocycles. The van der Waals surface area contributed by atoms with Crippen molar-refractivity contribution in [1.29, 1.82) is 0 Å². The highest BCUT2D eigenvalue weighted by Gasteiger charge is 2.21. The molecule has 1 aliphatic heterocycles.